The lowest BCUT2D eigenvalue weighted by Gasteiger charge is -2.26. The molecule has 0 saturated heterocycles. The summed E-state index contributed by atoms with van der Waals surface area (Å²) in [5.41, 5.74) is 8.02. The Morgan fingerprint density at radius 3 is 2.22 bits per heavy atom. The van der Waals surface area contributed by atoms with E-state index in [1.54, 1.807) is 0 Å². The van der Waals surface area contributed by atoms with Gasteiger partial charge in [-0.3, -0.25) is 0 Å². The summed E-state index contributed by atoms with van der Waals surface area (Å²) in [5, 5.41) is 0. The predicted molar refractivity (Wildman–Crippen MR) is 101 cm³/mol. The maximum absolute atomic E-state index is 5.63. The average Bonchev–Trinajstić information content (AvgIpc) is 2.95. The molecule has 4 nitrogen and oxygen atoms in total. The monoisotopic (exact) mass is 437 g/mol. The lowest BCUT2D eigenvalue weighted by molar-refractivity contribution is 0.313. The van der Waals surface area contributed by atoms with E-state index in [0.717, 1.165) is 27.7 Å². The van der Waals surface area contributed by atoms with E-state index in [9.17, 15) is 0 Å². The van der Waals surface area contributed by atoms with Gasteiger partial charge in [-0.1, -0.05) is 44.0 Å². The summed E-state index contributed by atoms with van der Waals surface area (Å²) >= 11 is 6.96. The molecule has 3 rings (SSSR count). The molecule has 0 bridgehead atoms. The zero-order valence-electron chi connectivity index (χ0n) is 12.5. The highest BCUT2D eigenvalue weighted by Crippen LogP contribution is 2.22. The highest BCUT2D eigenvalue weighted by molar-refractivity contribution is 9.10. The first kappa shape index (κ1) is 16.3. The number of benzene rings is 2. The number of hydrogen-bond acceptors (Lipinski definition) is 4. The van der Waals surface area contributed by atoms with Crippen LogP contribution in [0, 0.1) is 0 Å². The molecule has 2 aromatic carbocycles. The van der Waals surface area contributed by atoms with Crippen molar-refractivity contribution in [2.75, 3.05) is 18.1 Å². The zero-order chi connectivity index (χ0) is 16.2. The molecule has 0 fully saturated rings. The molecule has 0 radical (unpaired) electrons. The van der Waals surface area contributed by atoms with Gasteiger partial charge >= 0.3 is 0 Å². The lowest BCUT2D eigenvalue weighted by Crippen LogP contribution is -2.32. The Bertz CT molecular complexity index is 686. The number of nitrogens with zero attached hydrogens (tertiary/aromatic N) is 2. The Labute approximate surface area is 152 Å². The Balaban J connectivity index is 1.80. The normalized spacial score (nSPS) is 16.8. The first-order valence-corrected chi connectivity index (χ1v) is 8.90. The molecule has 6 heteroatoms. The van der Waals surface area contributed by atoms with Crippen LogP contribution in [0.15, 0.2) is 62.5 Å². The van der Waals surface area contributed by atoms with Crippen LogP contribution in [0.25, 0.3) is 0 Å². The van der Waals surface area contributed by atoms with E-state index in [4.69, 9.17) is 10.5 Å². The fraction of sp³-hybridized carbons (Fsp3) is 0.235. The van der Waals surface area contributed by atoms with Crippen molar-refractivity contribution in [3.8, 4) is 0 Å². The summed E-state index contributed by atoms with van der Waals surface area (Å²) < 4.78 is 7.42. The molecule has 23 heavy (non-hydrogen) atoms. The summed E-state index contributed by atoms with van der Waals surface area (Å²) in [4.78, 5) is 6.64. The third kappa shape index (κ3) is 4.48. The van der Waals surface area contributed by atoms with Crippen LogP contribution in [0.2, 0.25) is 0 Å². The summed E-state index contributed by atoms with van der Waals surface area (Å²) in [6.45, 7) is 2.11. The second-order valence-electron chi connectivity index (χ2n) is 5.42. The molecule has 1 aliphatic rings. The third-order valence-corrected chi connectivity index (χ3v) is 4.70. The van der Waals surface area contributed by atoms with Gasteiger partial charge in [-0.25, -0.2) is 4.99 Å². The van der Waals surface area contributed by atoms with Crippen molar-refractivity contribution >= 4 is 43.6 Å². The van der Waals surface area contributed by atoms with E-state index in [1.165, 1.54) is 5.56 Å². The third-order valence-electron chi connectivity index (χ3n) is 3.64. The first-order chi connectivity index (χ1) is 11.1. The van der Waals surface area contributed by atoms with Crippen LogP contribution in [0.1, 0.15) is 5.56 Å². The van der Waals surface area contributed by atoms with Crippen molar-refractivity contribution in [2.24, 2.45) is 10.7 Å². The zero-order valence-corrected chi connectivity index (χ0v) is 15.6. The van der Waals surface area contributed by atoms with Crippen LogP contribution >= 0.6 is 31.9 Å². The molecular weight excluding hydrogens is 422 g/mol. The minimum absolute atomic E-state index is 0.0640. The molecule has 0 spiro atoms. The highest BCUT2D eigenvalue weighted by Gasteiger charge is 2.20. The number of anilines is 1. The number of rotatable bonds is 5. The number of aliphatic imine (C=N–C) groups is 1. The first-order valence-electron chi connectivity index (χ1n) is 7.31. The second-order valence-corrected chi connectivity index (χ2v) is 7.25. The van der Waals surface area contributed by atoms with Crippen molar-refractivity contribution in [3.05, 3.63) is 63.0 Å². The smallest absolute Gasteiger partial charge is 0.282 e. The van der Waals surface area contributed by atoms with Crippen molar-refractivity contribution in [3.63, 3.8) is 0 Å². The SMILES string of the molecule is NC1=N[C@@H](CN(Cc2ccc(Br)cc2)c2ccc(Br)cc2)CO1. The fourth-order valence-corrected chi connectivity index (χ4v) is 3.04. The highest BCUT2D eigenvalue weighted by atomic mass is 79.9. The van der Waals surface area contributed by atoms with Crippen molar-refractivity contribution in [1.82, 2.24) is 0 Å². The largest absolute Gasteiger partial charge is 0.463 e. The van der Waals surface area contributed by atoms with Crippen LogP contribution in [0.5, 0.6) is 0 Å². The molecule has 0 saturated carbocycles. The number of nitrogens with two attached hydrogens (primary N) is 1. The maximum atomic E-state index is 5.63. The second kappa shape index (κ2) is 7.36. The topological polar surface area (TPSA) is 50.8 Å². The van der Waals surface area contributed by atoms with Gasteiger partial charge < -0.3 is 15.4 Å². The molecule has 0 unspecified atom stereocenters. The van der Waals surface area contributed by atoms with E-state index in [0.29, 0.717) is 6.61 Å². The van der Waals surface area contributed by atoms with Crippen LogP contribution < -0.4 is 10.6 Å². The number of ether oxygens (including phenoxy) is 1. The lowest BCUT2D eigenvalue weighted by atomic mass is 10.1. The van der Waals surface area contributed by atoms with E-state index in [-0.39, 0.29) is 12.1 Å². The maximum Gasteiger partial charge on any atom is 0.282 e. The molecule has 1 atom stereocenters. The van der Waals surface area contributed by atoms with Gasteiger partial charge in [-0.05, 0) is 42.0 Å². The van der Waals surface area contributed by atoms with Gasteiger partial charge in [0, 0.05) is 27.7 Å². The van der Waals surface area contributed by atoms with Gasteiger partial charge in [-0.2, -0.15) is 0 Å². The number of hydrogen-bond donors (Lipinski definition) is 1. The van der Waals surface area contributed by atoms with Gasteiger partial charge in [0.05, 0.1) is 0 Å². The molecule has 120 valence electrons. The van der Waals surface area contributed by atoms with Crippen LogP contribution in [0.3, 0.4) is 0 Å². The van der Waals surface area contributed by atoms with Gasteiger partial charge in [0.15, 0.2) is 0 Å². The fourth-order valence-electron chi connectivity index (χ4n) is 2.51. The molecule has 2 N–H and O–H groups in total. The Hall–Kier alpha value is -1.53. The van der Waals surface area contributed by atoms with Gasteiger partial charge in [0.2, 0.25) is 0 Å². The van der Waals surface area contributed by atoms with Crippen molar-refractivity contribution in [1.29, 1.82) is 0 Å². The van der Waals surface area contributed by atoms with Crippen molar-refractivity contribution < 1.29 is 4.74 Å². The van der Waals surface area contributed by atoms with Gasteiger partial charge in [0.1, 0.15) is 12.6 Å². The van der Waals surface area contributed by atoms with E-state index in [2.05, 4.69) is 78.2 Å². The Morgan fingerprint density at radius 2 is 1.65 bits per heavy atom. The van der Waals surface area contributed by atoms with Gasteiger partial charge in [-0.15, -0.1) is 0 Å². The average molecular weight is 439 g/mol. The standard InChI is InChI=1S/C17H17Br2N3O/c18-13-3-1-12(2-4-13)9-22(10-15-11-23-17(20)21-15)16-7-5-14(19)6-8-16/h1-8,15H,9-11H2,(H2,20,21)/t15-/m0/s1. The molecule has 2 aromatic rings. The van der Waals surface area contributed by atoms with Gasteiger partial charge in [0.25, 0.3) is 6.02 Å². The predicted octanol–water partition coefficient (Wildman–Crippen LogP) is 3.93. The minimum Gasteiger partial charge on any atom is -0.463 e. The molecule has 0 amide bonds. The number of halogens is 2. The summed E-state index contributed by atoms with van der Waals surface area (Å²) in [5.74, 6) is 0. The Kier molecular flexibility index (Phi) is 5.23. The molecular formula is C17H17Br2N3O. The van der Waals surface area contributed by atoms with E-state index >= 15 is 0 Å². The van der Waals surface area contributed by atoms with Crippen molar-refractivity contribution in [2.45, 2.75) is 12.6 Å². The molecule has 1 aliphatic heterocycles. The van der Waals surface area contributed by atoms with Crippen LogP contribution in [-0.4, -0.2) is 25.2 Å². The van der Waals surface area contributed by atoms with E-state index in [1.807, 2.05) is 12.1 Å². The Morgan fingerprint density at radius 1 is 1.04 bits per heavy atom. The quantitative estimate of drug-likeness (QED) is 0.769. The molecule has 1 heterocycles. The van der Waals surface area contributed by atoms with Crippen LogP contribution in [-0.2, 0) is 11.3 Å². The van der Waals surface area contributed by atoms with E-state index < -0.39 is 0 Å². The molecule has 0 aromatic heterocycles. The minimum atomic E-state index is 0.0640. The summed E-state index contributed by atoms with van der Waals surface area (Å²) in [7, 11) is 0. The summed E-state index contributed by atoms with van der Waals surface area (Å²) in [6, 6.07) is 17.0. The molecule has 0 aliphatic carbocycles. The number of amidine groups is 1. The summed E-state index contributed by atoms with van der Waals surface area (Å²) in [6.07, 6.45) is 0. The van der Waals surface area contributed by atoms with Crippen LogP contribution in [0.4, 0.5) is 5.69 Å².